The first-order valence-corrected chi connectivity index (χ1v) is 9.81. The van der Waals surface area contributed by atoms with Crippen LogP contribution in [0.25, 0.3) is 0 Å². The van der Waals surface area contributed by atoms with Crippen LogP contribution in [0, 0.1) is 17.8 Å². The van der Waals surface area contributed by atoms with E-state index in [0.29, 0.717) is 43.3 Å². The second-order valence-corrected chi connectivity index (χ2v) is 8.46. The van der Waals surface area contributed by atoms with Gasteiger partial charge in [-0.15, -0.1) is 11.6 Å². The van der Waals surface area contributed by atoms with Gasteiger partial charge in [0.05, 0.1) is 0 Å². The van der Waals surface area contributed by atoms with E-state index in [1.165, 1.54) is 12.8 Å². The number of rotatable bonds is 5. The van der Waals surface area contributed by atoms with Crippen LogP contribution in [0.2, 0.25) is 0 Å². The topological polar surface area (TPSA) is 49.4 Å². The molecule has 0 aromatic heterocycles. The van der Waals surface area contributed by atoms with E-state index in [4.69, 9.17) is 11.6 Å². The van der Waals surface area contributed by atoms with E-state index in [0.717, 1.165) is 25.7 Å². The maximum atomic E-state index is 12.3. The molecule has 1 N–H and O–H groups in total. The van der Waals surface area contributed by atoms with Crippen molar-refractivity contribution in [3.8, 4) is 0 Å². The molecule has 20 heavy (non-hydrogen) atoms. The smallest absolute Gasteiger partial charge is 0.202 e. The van der Waals surface area contributed by atoms with Crippen molar-refractivity contribution in [1.29, 1.82) is 0 Å². The third kappa shape index (κ3) is 4.33. The summed E-state index contributed by atoms with van der Waals surface area (Å²) in [7, 11) is -3.30. The zero-order valence-corrected chi connectivity index (χ0v) is 13.9. The van der Waals surface area contributed by atoms with Crippen LogP contribution in [0.3, 0.4) is 0 Å². The molecule has 4 nitrogen and oxygen atoms in total. The maximum Gasteiger partial charge on any atom is 0.279 e. The van der Waals surface area contributed by atoms with Gasteiger partial charge in [-0.05, 0) is 43.4 Å². The van der Waals surface area contributed by atoms with E-state index in [-0.39, 0.29) is 0 Å². The SMILES string of the molecule is CC1CCN(S(=O)(=O)NCC2CCCCC2CCl)CC1. The third-order valence-corrected chi connectivity index (χ3v) is 6.85. The average Bonchev–Trinajstić information content (AvgIpc) is 2.46. The Hall–Kier alpha value is 0.160. The predicted octanol–water partition coefficient (Wildman–Crippen LogP) is 2.60. The van der Waals surface area contributed by atoms with Crippen molar-refractivity contribution in [3.05, 3.63) is 0 Å². The van der Waals surface area contributed by atoms with Crippen molar-refractivity contribution in [1.82, 2.24) is 9.03 Å². The van der Waals surface area contributed by atoms with Crippen molar-refractivity contribution in [2.24, 2.45) is 17.8 Å². The number of nitrogens with one attached hydrogen (secondary N) is 1. The van der Waals surface area contributed by atoms with E-state index < -0.39 is 10.2 Å². The van der Waals surface area contributed by atoms with Gasteiger partial charge in [-0.25, -0.2) is 4.72 Å². The van der Waals surface area contributed by atoms with Crippen LogP contribution in [0.5, 0.6) is 0 Å². The molecule has 0 aromatic rings. The van der Waals surface area contributed by atoms with Gasteiger partial charge in [0.2, 0.25) is 0 Å². The summed E-state index contributed by atoms with van der Waals surface area (Å²) in [5, 5.41) is 0. The monoisotopic (exact) mass is 322 g/mol. The van der Waals surface area contributed by atoms with Gasteiger partial charge in [0.15, 0.2) is 0 Å². The van der Waals surface area contributed by atoms with Crippen LogP contribution in [0.15, 0.2) is 0 Å². The molecule has 1 heterocycles. The lowest BCUT2D eigenvalue weighted by atomic mass is 9.80. The summed E-state index contributed by atoms with van der Waals surface area (Å²) in [4.78, 5) is 0. The molecule has 2 rings (SSSR count). The molecule has 0 spiro atoms. The molecule has 1 saturated heterocycles. The highest BCUT2D eigenvalue weighted by Gasteiger charge is 2.29. The van der Waals surface area contributed by atoms with Crippen LogP contribution in [0.4, 0.5) is 0 Å². The normalized spacial score (nSPS) is 30.5. The summed E-state index contributed by atoms with van der Waals surface area (Å²) in [6.45, 7) is 4.04. The van der Waals surface area contributed by atoms with Crippen LogP contribution in [-0.4, -0.2) is 38.2 Å². The molecule has 2 unspecified atom stereocenters. The van der Waals surface area contributed by atoms with Crippen LogP contribution in [0.1, 0.15) is 45.4 Å². The molecule has 0 radical (unpaired) electrons. The first-order chi connectivity index (χ1) is 9.53. The van der Waals surface area contributed by atoms with Gasteiger partial charge in [-0.2, -0.15) is 12.7 Å². The van der Waals surface area contributed by atoms with Crippen molar-refractivity contribution >= 4 is 21.8 Å². The lowest BCUT2D eigenvalue weighted by Gasteiger charge is -2.33. The Balaban J connectivity index is 1.85. The summed E-state index contributed by atoms with van der Waals surface area (Å²) in [6, 6.07) is 0. The quantitative estimate of drug-likeness (QED) is 0.791. The fourth-order valence-corrected chi connectivity index (χ4v) is 4.99. The van der Waals surface area contributed by atoms with E-state index in [2.05, 4.69) is 11.6 Å². The van der Waals surface area contributed by atoms with E-state index in [1.807, 2.05) is 0 Å². The van der Waals surface area contributed by atoms with Gasteiger partial charge in [-0.3, -0.25) is 0 Å². The lowest BCUT2D eigenvalue weighted by molar-refractivity contribution is 0.253. The highest BCUT2D eigenvalue weighted by molar-refractivity contribution is 7.87. The molecule has 6 heteroatoms. The summed E-state index contributed by atoms with van der Waals surface area (Å²) in [6.07, 6.45) is 6.59. The Kier molecular flexibility index (Phi) is 6.14. The Morgan fingerprint density at radius 1 is 1.10 bits per heavy atom. The van der Waals surface area contributed by atoms with Crippen LogP contribution < -0.4 is 4.72 Å². The highest BCUT2D eigenvalue weighted by Crippen LogP contribution is 2.30. The van der Waals surface area contributed by atoms with E-state index in [9.17, 15) is 8.42 Å². The second kappa shape index (κ2) is 7.43. The molecular formula is C14H27ClN2O2S. The van der Waals surface area contributed by atoms with Gasteiger partial charge in [-0.1, -0.05) is 19.8 Å². The molecule has 2 aliphatic rings. The Bertz CT molecular complexity index is 394. The lowest BCUT2D eigenvalue weighted by Crippen LogP contribution is -2.46. The first-order valence-electron chi connectivity index (χ1n) is 7.83. The van der Waals surface area contributed by atoms with Crippen molar-refractivity contribution in [2.75, 3.05) is 25.5 Å². The number of hydrogen-bond acceptors (Lipinski definition) is 2. The fourth-order valence-electron chi connectivity index (χ4n) is 3.29. The largest absolute Gasteiger partial charge is 0.279 e. The highest BCUT2D eigenvalue weighted by atomic mass is 35.5. The second-order valence-electron chi connectivity index (χ2n) is 6.39. The van der Waals surface area contributed by atoms with Gasteiger partial charge in [0, 0.05) is 25.5 Å². The minimum absolute atomic E-state index is 0.403. The van der Waals surface area contributed by atoms with Gasteiger partial charge >= 0.3 is 0 Å². The molecule has 1 aliphatic carbocycles. The molecule has 1 aliphatic heterocycles. The molecule has 0 bridgehead atoms. The number of halogens is 1. The summed E-state index contributed by atoms with van der Waals surface area (Å²) in [5.74, 6) is 2.16. The summed E-state index contributed by atoms with van der Waals surface area (Å²) < 4.78 is 29.0. The molecule has 2 atom stereocenters. The molecule has 118 valence electrons. The van der Waals surface area contributed by atoms with Crippen LogP contribution in [-0.2, 0) is 10.2 Å². The van der Waals surface area contributed by atoms with Gasteiger partial charge in [0.1, 0.15) is 0 Å². The Morgan fingerprint density at radius 3 is 2.30 bits per heavy atom. The zero-order chi connectivity index (χ0) is 14.6. The summed E-state index contributed by atoms with van der Waals surface area (Å²) in [5.41, 5.74) is 0. The standard InChI is InChI=1S/C14H27ClN2O2S/c1-12-6-8-17(9-7-12)20(18,19)16-11-14-5-3-2-4-13(14)10-15/h12-14,16H,2-11H2,1H3. The van der Waals surface area contributed by atoms with Crippen molar-refractivity contribution in [3.63, 3.8) is 0 Å². The number of nitrogens with zero attached hydrogens (tertiary/aromatic N) is 1. The molecular weight excluding hydrogens is 296 g/mol. The first kappa shape index (κ1) is 16.5. The zero-order valence-electron chi connectivity index (χ0n) is 12.4. The number of hydrogen-bond donors (Lipinski definition) is 1. The Labute approximate surface area is 128 Å². The van der Waals surface area contributed by atoms with Gasteiger partial charge < -0.3 is 0 Å². The third-order valence-electron chi connectivity index (χ3n) is 4.88. The minimum Gasteiger partial charge on any atom is -0.202 e. The van der Waals surface area contributed by atoms with E-state index in [1.54, 1.807) is 4.31 Å². The molecule has 0 amide bonds. The number of alkyl halides is 1. The molecule has 1 saturated carbocycles. The predicted molar refractivity (Wildman–Crippen MR) is 83.1 cm³/mol. The summed E-state index contributed by atoms with van der Waals surface area (Å²) >= 11 is 6.00. The van der Waals surface area contributed by atoms with Crippen molar-refractivity contribution < 1.29 is 8.42 Å². The Morgan fingerprint density at radius 2 is 1.70 bits per heavy atom. The fraction of sp³-hybridized carbons (Fsp3) is 1.00. The average molecular weight is 323 g/mol. The molecule has 2 fully saturated rings. The van der Waals surface area contributed by atoms with Gasteiger partial charge in [0.25, 0.3) is 10.2 Å². The minimum atomic E-state index is -3.30. The van der Waals surface area contributed by atoms with E-state index >= 15 is 0 Å². The number of piperidine rings is 1. The maximum absolute atomic E-state index is 12.3. The molecule has 0 aromatic carbocycles. The van der Waals surface area contributed by atoms with Crippen LogP contribution >= 0.6 is 11.6 Å². The van der Waals surface area contributed by atoms with Crippen molar-refractivity contribution in [2.45, 2.75) is 45.4 Å².